The number of benzene rings is 1. The Morgan fingerprint density at radius 2 is 2.00 bits per heavy atom. The predicted molar refractivity (Wildman–Crippen MR) is 83.9 cm³/mol. The first kappa shape index (κ1) is 15.3. The molecule has 3 heteroatoms. The van der Waals surface area contributed by atoms with Gasteiger partial charge in [0.15, 0.2) is 0 Å². The highest BCUT2D eigenvalue weighted by molar-refractivity contribution is 5.58. The van der Waals surface area contributed by atoms with Gasteiger partial charge in [0, 0.05) is 24.3 Å². The second-order valence-corrected chi connectivity index (χ2v) is 5.89. The third-order valence-corrected chi connectivity index (χ3v) is 4.62. The van der Waals surface area contributed by atoms with Crippen molar-refractivity contribution in [3.63, 3.8) is 0 Å². The molecule has 0 radical (unpaired) electrons. The molecule has 0 saturated heterocycles. The number of aryl methyl sites for hydroxylation is 1. The van der Waals surface area contributed by atoms with Crippen molar-refractivity contribution < 1.29 is 4.39 Å². The van der Waals surface area contributed by atoms with Crippen LogP contribution in [0.3, 0.4) is 0 Å². The van der Waals surface area contributed by atoms with E-state index in [1.165, 1.54) is 31.4 Å². The number of anilines is 1. The highest BCUT2D eigenvalue weighted by atomic mass is 19.1. The maximum absolute atomic E-state index is 14.0. The zero-order valence-corrected chi connectivity index (χ0v) is 13.2. The van der Waals surface area contributed by atoms with Crippen LogP contribution in [0.15, 0.2) is 12.1 Å². The fourth-order valence-electron chi connectivity index (χ4n) is 3.27. The van der Waals surface area contributed by atoms with Crippen molar-refractivity contribution in [1.82, 2.24) is 5.32 Å². The summed E-state index contributed by atoms with van der Waals surface area (Å²) in [5, 5.41) is 3.24. The Labute approximate surface area is 122 Å². The summed E-state index contributed by atoms with van der Waals surface area (Å²) in [6.07, 6.45) is 5.16. The molecule has 112 valence electrons. The van der Waals surface area contributed by atoms with Crippen molar-refractivity contribution in [2.45, 2.75) is 58.5 Å². The van der Waals surface area contributed by atoms with E-state index in [2.05, 4.69) is 24.1 Å². The van der Waals surface area contributed by atoms with Crippen LogP contribution in [0, 0.1) is 12.7 Å². The Kier molecular flexibility index (Phi) is 5.03. The summed E-state index contributed by atoms with van der Waals surface area (Å²) >= 11 is 0. The summed E-state index contributed by atoms with van der Waals surface area (Å²) < 4.78 is 14.0. The number of hydrogen-bond acceptors (Lipinski definition) is 2. The SMILES string of the molecule is CCN(c1cc(C)c(F)cc1C(C)NC)C1CCCC1. The van der Waals surface area contributed by atoms with Gasteiger partial charge in [0.2, 0.25) is 0 Å². The maximum Gasteiger partial charge on any atom is 0.126 e. The zero-order chi connectivity index (χ0) is 14.7. The standard InChI is InChI=1S/C17H27FN2/c1-5-20(14-8-6-7-9-14)17-10-12(2)16(18)11-15(17)13(3)19-4/h10-11,13-14,19H,5-9H2,1-4H3. The lowest BCUT2D eigenvalue weighted by Gasteiger charge is -2.33. The molecule has 1 aliphatic carbocycles. The van der Waals surface area contributed by atoms with Gasteiger partial charge in [-0.15, -0.1) is 0 Å². The highest BCUT2D eigenvalue weighted by Crippen LogP contribution is 2.34. The first-order valence-corrected chi connectivity index (χ1v) is 7.82. The molecule has 1 atom stereocenters. The summed E-state index contributed by atoms with van der Waals surface area (Å²) in [7, 11) is 1.93. The second-order valence-electron chi connectivity index (χ2n) is 5.89. The van der Waals surface area contributed by atoms with Crippen LogP contribution in [0.5, 0.6) is 0 Å². The fourth-order valence-corrected chi connectivity index (χ4v) is 3.27. The van der Waals surface area contributed by atoms with Crippen LogP contribution in [-0.4, -0.2) is 19.6 Å². The van der Waals surface area contributed by atoms with Gasteiger partial charge >= 0.3 is 0 Å². The molecule has 1 N–H and O–H groups in total. The van der Waals surface area contributed by atoms with Gasteiger partial charge in [0.25, 0.3) is 0 Å². The summed E-state index contributed by atoms with van der Waals surface area (Å²) in [4.78, 5) is 2.47. The Morgan fingerprint density at radius 1 is 1.35 bits per heavy atom. The average molecular weight is 278 g/mol. The van der Waals surface area contributed by atoms with Crippen LogP contribution >= 0.6 is 0 Å². The maximum atomic E-state index is 14.0. The molecule has 0 aliphatic heterocycles. The van der Waals surface area contributed by atoms with E-state index in [4.69, 9.17) is 0 Å². The molecule has 20 heavy (non-hydrogen) atoms. The van der Waals surface area contributed by atoms with E-state index < -0.39 is 0 Å². The second kappa shape index (κ2) is 6.57. The molecule has 1 saturated carbocycles. The Morgan fingerprint density at radius 3 is 2.55 bits per heavy atom. The largest absolute Gasteiger partial charge is 0.369 e. The van der Waals surface area contributed by atoms with Crippen LogP contribution in [0.2, 0.25) is 0 Å². The van der Waals surface area contributed by atoms with Crippen molar-refractivity contribution in [3.05, 3.63) is 29.1 Å². The van der Waals surface area contributed by atoms with E-state index in [0.717, 1.165) is 17.7 Å². The minimum Gasteiger partial charge on any atom is -0.369 e. The number of nitrogens with zero attached hydrogens (tertiary/aromatic N) is 1. The van der Waals surface area contributed by atoms with Crippen molar-refractivity contribution in [1.29, 1.82) is 0 Å². The summed E-state index contributed by atoms with van der Waals surface area (Å²) in [6.45, 7) is 7.13. The molecule has 2 rings (SSSR count). The molecule has 0 spiro atoms. The molecule has 1 aliphatic rings. The molecule has 1 fully saturated rings. The molecular formula is C17H27FN2. The quantitative estimate of drug-likeness (QED) is 0.869. The Hall–Kier alpha value is -1.09. The number of rotatable bonds is 5. The van der Waals surface area contributed by atoms with E-state index in [1.54, 1.807) is 6.07 Å². The lowest BCUT2D eigenvalue weighted by Crippen LogP contribution is -2.34. The fraction of sp³-hybridized carbons (Fsp3) is 0.647. The van der Waals surface area contributed by atoms with Crippen molar-refractivity contribution in [2.24, 2.45) is 0 Å². The van der Waals surface area contributed by atoms with Crippen LogP contribution < -0.4 is 10.2 Å². The number of nitrogens with one attached hydrogen (secondary N) is 1. The smallest absolute Gasteiger partial charge is 0.126 e. The average Bonchev–Trinajstić information content (AvgIpc) is 2.96. The van der Waals surface area contributed by atoms with Crippen molar-refractivity contribution in [3.8, 4) is 0 Å². The summed E-state index contributed by atoms with van der Waals surface area (Å²) in [5.74, 6) is -0.103. The van der Waals surface area contributed by atoms with E-state index in [1.807, 2.05) is 20.0 Å². The Balaban J connectivity index is 2.43. The molecule has 1 unspecified atom stereocenters. The normalized spacial score (nSPS) is 17.4. The van der Waals surface area contributed by atoms with Gasteiger partial charge in [-0.05, 0) is 63.9 Å². The molecule has 0 heterocycles. The molecule has 2 nitrogen and oxygen atoms in total. The molecule has 1 aromatic carbocycles. The monoisotopic (exact) mass is 278 g/mol. The lowest BCUT2D eigenvalue weighted by molar-refractivity contribution is 0.584. The molecule has 0 amide bonds. The van der Waals surface area contributed by atoms with Crippen LogP contribution in [0.25, 0.3) is 0 Å². The highest BCUT2D eigenvalue weighted by Gasteiger charge is 2.25. The van der Waals surface area contributed by atoms with Gasteiger partial charge in [-0.2, -0.15) is 0 Å². The topological polar surface area (TPSA) is 15.3 Å². The Bertz CT molecular complexity index is 453. The number of hydrogen-bond donors (Lipinski definition) is 1. The van der Waals surface area contributed by atoms with E-state index in [0.29, 0.717) is 6.04 Å². The van der Waals surface area contributed by atoms with Crippen LogP contribution in [0.1, 0.15) is 56.7 Å². The summed E-state index contributed by atoms with van der Waals surface area (Å²) in [6, 6.07) is 4.52. The third kappa shape index (κ3) is 2.98. The summed E-state index contributed by atoms with van der Waals surface area (Å²) in [5.41, 5.74) is 3.02. The van der Waals surface area contributed by atoms with Gasteiger partial charge < -0.3 is 10.2 Å². The van der Waals surface area contributed by atoms with Gasteiger partial charge in [-0.25, -0.2) is 4.39 Å². The molecule has 0 aromatic heterocycles. The minimum absolute atomic E-state index is 0.103. The molecule has 0 bridgehead atoms. The lowest BCUT2D eigenvalue weighted by atomic mass is 10.0. The minimum atomic E-state index is -0.103. The van der Waals surface area contributed by atoms with E-state index in [9.17, 15) is 4.39 Å². The van der Waals surface area contributed by atoms with Gasteiger partial charge in [0.1, 0.15) is 5.82 Å². The number of halogens is 1. The molecular weight excluding hydrogens is 251 g/mol. The van der Waals surface area contributed by atoms with E-state index >= 15 is 0 Å². The van der Waals surface area contributed by atoms with E-state index in [-0.39, 0.29) is 11.9 Å². The van der Waals surface area contributed by atoms with Crippen molar-refractivity contribution in [2.75, 3.05) is 18.5 Å². The van der Waals surface area contributed by atoms with Gasteiger partial charge in [0.05, 0.1) is 0 Å². The predicted octanol–water partition coefficient (Wildman–Crippen LogP) is 4.18. The van der Waals surface area contributed by atoms with Gasteiger partial charge in [-0.3, -0.25) is 0 Å². The van der Waals surface area contributed by atoms with Crippen molar-refractivity contribution >= 4 is 5.69 Å². The zero-order valence-electron chi connectivity index (χ0n) is 13.2. The van der Waals surface area contributed by atoms with Gasteiger partial charge in [-0.1, -0.05) is 12.8 Å². The first-order valence-electron chi connectivity index (χ1n) is 7.82. The first-order chi connectivity index (χ1) is 9.58. The van der Waals surface area contributed by atoms with Crippen LogP contribution in [0.4, 0.5) is 10.1 Å². The third-order valence-electron chi connectivity index (χ3n) is 4.62. The molecule has 1 aromatic rings. The van der Waals surface area contributed by atoms with Crippen LogP contribution in [-0.2, 0) is 0 Å².